The van der Waals surface area contributed by atoms with Gasteiger partial charge >= 0.3 is 5.97 Å². The van der Waals surface area contributed by atoms with Crippen molar-refractivity contribution in [3.8, 4) is 0 Å². The van der Waals surface area contributed by atoms with Gasteiger partial charge in [-0.05, 0) is 44.6 Å². The summed E-state index contributed by atoms with van der Waals surface area (Å²) in [5, 5.41) is 0. The van der Waals surface area contributed by atoms with Crippen molar-refractivity contribution in [2.24, 2.45) is 5.92 Å². The molecule has 90 valence electrons. The van der Waals surface area contributed by atoms with E-state index in [0.717, 1.165) is 19.3 Å². The minimum absolute atomic E-state index is 0.0329. The lowest BCUT2D eigenvalue weighted by Crippen LogP contribution is -2.26. The lowest BCUT2D eigenvalue weighted by Gasteiger charge is -2.28. The van der Waals surface area contributed by atoms with E-state index in [4.69, 9.17) is 4.74 Å². The third-order valence-electron chi connectivity index (χ3n) is 3.16. The molecular weight excluding hydrogens is 200 g/mol. The number of allylic oxidation sites excluding steroid dienone is 2. The summed E-state index contributed by atoms with van der Waals surface area (Å²) < 4.78 is 5.48. The molecule has 0 aromatic rings. The molecule has 2 nitrogen and oxygen atoms in total. The molecule has 0 amide bonds. The highest BCUT2D eigenvalue weighted by atomic mass is 16.5. The van der Waals surface area contributed by atoms with Crippen LogP contribution in [-0.2, 0) is 9.53 Å². The molecule has 0 aromatic carbocycles. The molecule has 0 bridgehead atoms. The molecule has 0 spiro atoms. The fraction of sp³-hybridized carbons (Fsp3) is 0.643. The van der Waals surface area contributed by atoms with Crippen LogP contribution < -0.4 is 0 Å². The molecule has 0 saturated carbocycles. The largest absolute Gasteiger partial charge is 0.458 e. The number of hydrogen-bond donors (Lipinski definition) is 0. The van der Waals surface area contributed by atoms with Crippen LogP contribution in [0.15, 0.2) is 23.8 Å². The van der Waals surface area contributed by atoms with E-state index in [0.29, 0.717) is 12.3 Å². The van der Waals surface area contributed by atoms with Crippen LogP contribution in [0.3, 0.4) is 0 Å². The van der Waals surface area contributed by atoms with Crippen molar-refractivity contribution in [2.75, 3.05) is 0 Å². The highest BCUT2D eigenvalue weighted by molar-refractivity contribution is 5.69. The first kappa shape index (κ1) is 13.0. The Balaban J connectivity index is 2.58. The van der Waals surface area contributed by atoms with Gasteiger partial charge in [0, 0.05) is 6.42 Å². The molecule has 0 aliphatic heterocycles. The fourth-order valence-corrected chi connectivity index (χ4v) is 1.97. The van der Waals surface area contributed by atoms with Crippen molar-refractivity contribution in [2.45, 2.75) is 52.6 Å². The zero-order valence-corrected chi connectivity index (χ0v) is 10.6. The molecule has 0 saturated heterocycles. The number of carbonyl (C=O) groups is 1. The summed E-state index contributed by atoms with van der Waals surface area (Å²) in [5.74, 6) is 0.380. The van der Waals surface area contributed by atoms with E-state index >= 15 is 0 Å². The Morgan fingerprint density at radius 2 is 2.31 bits per heavy atom. The molecule has 1 aliphatic rings. The maximum Gasteiger partial charge on any atom is 0.306 e. The van der Waals surface area contributed by atoms with Gasteiger partial charge in [-0.2, -0.15) is 0 Å². The minimum atomic E-state index is -0.0809. The van der Waals surface area contributed by atoms with Crippen molar-refractivity contribution < 1.29 is 9.53 Å². The molecule has 1 aliphatic carbocycles. The van der Waals surface area contributed by atoms with Crippen LogP contribution in [-0.4, -0.2) is 12.1 Å². The van der Waals surface area contributed by atoms with Crippen molar-refractivity contribution >= 4 is 5.97 Å². The van der Waals surface area contributed by atoms with Crippen molar-refractivity contribution in [3.05, 3.63) is 23.8 Å². The maximum atomic E-state index is 11.5. The van der Waals surface area contributed by atoms with E-state index in [-0.39, 0.29) is 12.1 Å². The average molecular weight is 222 g/mol. The molecule has 0 aromatic heterocycles. The normalized spacial score (nSPS) is 24.8. The summed E-state index contributed by atoms with van der Waals surface area (Å²) >= 11 is 0. The number of esters is 1. The Morgan fingerprint density at radius 3 is 2.88 bits per heavy atom. The van der Waals surface area contributed by atoms with E-state index < -0.39 is 0 Å². The monoisotopic (exact) mass is 222 g/mol. The molecule has 0 radical (unpaired) electrons. The molecule has 0 unspecified atom stereocenters. The Labute approximate surface area is 98.4 Å². The lowest BCUT2D eigenvalue weighted by molar-refractivity contribution is -0.148. The van der Waals surface area contributed by atoms with Crippen LogP contribution in [0.25, 0.3) is 0 Å². The third kappa shape index (κ3) is 3.51. The summed E-state index contributed by atoms with van der Waals surface area (Å²) in [6, 6.07) is 0. The minimum Gasteiger partial charge on any atom is -0.458 e. The van der Waals surface area contributed by atoms with Crippen LogP contribution in [0.5, 0.6) is 0 Å². The van der Waals surface area contributed by atoms with Crippen LogP contribution in [0.4, 0.5) is 0 Å². The summed E-state index contributed by atoms with van der Waals surface area (Å²) in [5.41, 5.74) is 2.36. The highest BCUT2D eigenvalue weighted by Crippen LogP contribution is 2.30. The molecular formula is C14H22O2. The predicted octanol–water partition coefficient (Wildman–Crippen LogP) is 3.63. The molecule has 1 rings (SSSR count). The number of rotatable bonds is 4. The Kier molecular flexibility index (Phi) is 4.78. The summed E-state index contributed by atoms with van der Waals surface area (Å²) in [6.45, 7) is 10.1. The van der Waals surface area contributed by atoms with Gasteiger partial charge in [0.05, 0.1) is 0 Å². The van der Waals surface area contributed by atoms with E-state index in [1.807, 2.05) is 20.8 Å². The first-order valence-corrected chi connectivity index (χ1v) is 6.06. The van der Waals surface area contributed by atoms with Gasteiger partial charge in [0.1, 0.15) is 6.10 Å². The quantitative estimate of drug-likeness (QED) is 0.536. The standard InChI is InChI=1S/C14H22O2/c1-5-6-14(15)16-13-9-12(10(2)3)8-7-11(13)4/h7,12-13H,2,5-6,8-9H2,1,3-4H3/t12-,13-/m0/s1. The summed E-state index contributed by atoms with van der Waals surface area (Å²) in [6.07, 6.45) is 5.43. The molecule has 0 N–H and O–H groups in total. The topological polar surface area (TPSA) is 26.3 Å². The Hall–Kier alpha value is -1.05. The van der Waals surface area contributed by atoms with Crippen molar-refractivity contribution in [1.29, 1.82) is 0 Å². The van der Waals surface area contributed by atoms with Gasteiger partial charge in [-0.25, -0.2) is 0 Å². The maximum absolute atomic E-state index is 11.5. The van der Waals surface area contributed by atoms with E-state index in [2.05, 4.69) is 12.7 Å². The van der Waals surface area contributed by atoms with Gasteiger partial charge in [0.25, 0.3) is 0 Å². The van der Waals surface area contributed by atoms with Gasteiger partial charge in [0.15, 0.2) is 0 Å². The van der Waals surface area contributed by atoms with E-state index in [1.165, 1.54) is 11.1 Å². The third-order valence-corrected chi connectivity index (χ3v) is 3.16. The number of hydrogen-bond acceptors (Lipinski definition) is 2. The summed E-state index contributed by atoms with van der Waals surface area (Å²) in [7, 11) is 0. The zero-order valence-electron chi connectivity index (χ0n) is 10.6. The second-order valence-electron chi connectivity index (χ2n) is 4.69. The van der Waals surface area contributed by atoms with Gasteiger partial charge in [-0.1, -0.05) is 25.2 Å². The molecule has 0 fully saturated rings. The van der Waals surface area contributed by atoms with Crippen molar-refractivity contribution in [1.82, 2.24) is 0 Å². The van der Waals surface area contributed by atoms with Crippen LogP contribution >= 0.6 is 0 Å². The second-order valence-corrected chi connectivity index (χ2v) is 4.69. The van der Waals surface area contributed by atoms with Gasteiger partial charge < -0.3 is 4.74 Å². The first-order valence-electron chi connectivity index (χ1n) is 6.06. The predicted molar refractivity (Wildman–Crippen MR) is 66.1 cm³/mol. The Bertz CT molecular complexity index is 302. The number of carbonyl (C=O) groups excluding carboxylic acids is 1. The average Bonchev–Trinajstić information content (AvgIpc) is 2.21. The SMILES string of the molecule is C=C(C)[C@H]1CC=C(C)[C@@H](OC(=O)CCC)C1. The zero-order chi connectivity index (χ0) is 12.1. The van der Waals surface area contributed by atoms with E-state index in [1.54, 1.807) is 0 Å². The lowest BCUT2D eigenvalue weighted by atomic mass is 9.84. The molecule has 2 heteroatoms. The van der Waals surface area contributed by atoms with Crippen molar-refractivity contribution in [3.63, 3.8) is 0 Å². The smallest absolute Gasteiger partial charge is 0.306 e. The first-order chi connectivity index (χ1) is 7.54. The van der Waals surface area contributed by atoms with Crippen LogP contribution in [0.1, 0.15) is 46.5 Å². The van der Waals surface area contributed by atoms with Crippen LogP contribution in [0, 0.1) is 5.92 Å². The number of ether oxygens (including phenoxy) is 1. The molecule has 16 heavy (non-hydrogen) atoms. The van der Waals surface area contributed by atoms with Crippen LogP contribution in [0.2, 0.25) is 0 Å². The highest BCUT2D eigenvalue weighted by Gasteiger charge is 2.25. The molecule has 0 heterocycles. The van der Waals surface area contributed by atoms with Gasteiger partial charge in [-0.15, -0.1) is 0 Å². The fourth-order valence-electron chi connectivity index (χ4n) is 1.97. The second kappa shape index (κ2) is 5.88. The molecule has 2 atom stereocenters. The Morgan fingerprint density at radius 1 is 1.62 bits per heavy atom. The van der Waals surface area contributed by atoms with Gasteiger partial charge in [0.2, 0.25) is 0 Å². The van der Waals surface area contributed by atoms with Gasteiger partial charge in [-0.3, -0.25) is 4.79 Å². The van der Waals surface area contributed by atoms with E-state index in [9.17, 15) is 4.79 Å². The summed E-state index contributed by atoms with van der Waals surface area (Å²) in [4.78, 5) is 11.5.